The molecule has 0 aromatic heterocycles. The van der Waals surface area contributed by atoms with Gasteiger partial charge in [-0.3, -0.25) is 9.59 Å². The van der Waals surface area contributed by atoms with E-state index in [0.29, 0.717) is 17.9 Å². The van der Waals surface area contributed by atoms with Gasteiger partial charge < -0.3 is 20.7 Å². The number of hydrogen-bond acceptors (Lipinski definition) is 4. The minimum Gasteiger partial charge on any atom is -0.494 e. The first-order chi connectivity index (χ1) is 15.0. The highest BCUT2D eigenvalue weighted by Crippen LogP contribution is 2.17. The molecule has 0 spiro atoms. The molecule has 6 nitrogen and oxygen atoms in total. The van der Waals surface area contributed by atoms with E-state index in [9.17, 15) is 9.59 Å². The fourth-order valence-corrected chi connectivity index (χ4v) is 3.04. The van der Waals surface area contributed by atoms with Crippen LogP contribution < -0.4 is 20.7 Å². The van der Waals surface area contributed by atoms with Crippen molar-refractivity contribution in [3.63, 3.8) is 0 Å². The molecule has 3 aromatic rings. The van der Waals surface area contributed by atoms with Gasteiger partial charge in [-0.1, -0.05) is 30.3 Å². The number of carbonyl (C=O) groups is 2. The first-order valence-electron chi connectivity index (χ1n) is 10.3. The molecule has 0 unspecified atom stereocenters. The van der Waals surface area contributed by atoms with Crippen molar-refractivity contribution in [1.82, 2.24) is 5.32 Å². The Morgan fingerprint density at radius 3 is 2.16 bits per heavy atom. The van der Waals surface area contributed by atoms with Crippen LogP contribution in [-0.2, 0) is 4.79 Å². The van der Waals surface area contributed by atoms with Crippen LogP contribution in [0.2, 0.25) is 0 Å². The summed E-state index contributed by atoms with van der Waals surface area (Å²) in [5.41, 5.74) is 3.04. The van der Waals surface area contributed by atoms with Crippen LogP contribution in [0, 0.1) is 0 Å². The number of ether oxygens (including phenoxy) is 1. The maximum absolute atomic E-state index is 12.4. The number of hydrogen-bond donors (Lipinski definition) is 3. The van der Waals surface area contributed by atoms with E-state index >= 15 is 0 Å². The lowest BCUT2D eigenvalue weighted by atomic mass is 10.1. The van der Waals surface area contributed by atoms with E-state index in [1.165, 1.54) is 0 Å². The summed E-state index contributed by atoms with van der Waals surface area (Å²) < 4.78 is 5.40. The molecular weight excluding hydrogens is 390 g/mol. The van der Waals surface area contributed by atoms with E-state index in [-0.39, 0.29) is 24.4 Å². The summed E-state index contributed by atoms with van der Waals surface area (Å²) in [4.78, 5) is 24.6. The molecule has 0 fully saturated rings. The molecular formula is C25H27N3O3. The Bertz CT molecular complexity index is 987. The molecule has 2 amide bonds. The third-order valence-electron chi connectivity index (χ3n) is 4.70. The van der Waals surface area contributed by atoms with Gasteiger partial charge in [0.25, 0.3) is 5.91 Å². The summed E-state index contributed by atoms with van der Waals surface area (Å²) >= 11 is 0. The van der Waals surface area contributed by atoms with Crippen molar-refractivity contribution >= 4 is 23.2 Å². The third kappa shape index (κ3) is 6.60. The van der Waals surface area contributed by atoms with Crippen molar-refractivity contribution in [3.05, 3.63) is 90.0 Å². The average molecular weight is 418 g/mol. The van der Waals surface area contributed by atoms with E-state index in [1.54, 1.807) is 36.4 Å². The normalized spacial score (nSPS) is 11.3. The van der Waals surface area contributed by atoms with Gasteiger partial charge in [-0.15, -0.1) is 0 Å². The van der Waals surface area contributed by atoms with Crippen molar-refractivity contribution in [2.45, 2.75) is 19.9 Å². The minimum absolute atomic E-state index is 0.0656. The van der Waals surface area contributed by atoms with E-state index in [4.69, 9.17) is 4.74 Å². The summed E-state index contributed by atoms with van der Waals surface area (Å²) in [7, 11) is 0. The van der Waals surface area contributed by atoms with Crippen LogP contribution in [0.15, 0.2) is 78.9 Å². The topological polar surface area (TPSA) is 79.5 Å². The molecule has 6 heteroatoms. The molecule has 0 bridgehead atoms. The van der Waals surface area contributed by atoms with Crippen LogP contribution in [0.5, 0.6) is 5.75 Å². The molecule has 1 atom stereocenters. The maximum Gasteiger partial charge on any atom is 0.255 e. The van der Waals surface area contributed by atoms with Gasteiger partial charge in [0.2, 0.25) is 5.91 Å². The van der Waals surface area contributed by atoms with Gasteiger partial charge in [0.15, 0.2) is 0 Å². The van der Waals surface area contributed by atoms with E-state index in [2.05, 4.69) is 16.0 Å². The number of benzene rings is 3. The number of carbonyl (C=O) groups excluding carboxylic acids is 2. The lowest BCUT2D eigenvalue weighted by Crippen LogP contribution is -2.32. The van der Waals surface area contributed by atoms with Crippen molar-refractivity contribution in [2.75, 3.05) is 23.8 Å². The lowest BCUT2D eigenvalue weighted by molar-refractivity contribution is -0.120. The molecule has 31 heavy (non-hydrogen) atoms. The van der Waals surface area contributed by atoms with E-state index in [0.717, 1.165) is 17.0 Å². The standard InChI is InChI=1S/C25H27N3O3/c1-3-31-23-15-13-22(14-16-23)28-25(30)20-9-11-21(12-10-20)26-17-24(29)27-18(2)19-7-5-4-6-8-19/h4-16,18,26H,3,17H2,1-2H3,(H,27,29)(H,28,30)/t18-/m0/s1. The van der Waals surface area contributed by atoms with Crippen LogP contribution in [0.1, 0.15) is 35.8 Å². The molecule has 3 rings (SSSR count). The Balaban J connectivity index is 1.48. The van der Waals surface area contributed by atoms with Gasteiger partial charge in [-0.2, -0.15) is 0 Å². The SMILES string of the molecule is CCOc1ccc(NC(=O)c2ccc(NCC(=O)N[C@@H](C)c3ccccc3)cc2)cc1. The van der Waals surface area contributed by atoms with Gasteiger partial charge in [-0.25, -0.2) is 0 Å². The van der Waals surface area contributed by atoms with Gasteiger partial charge >= 0.3 is 0 Å². The highest BCUT2D eigenvalue weighted by atomic mass is 16.5. The van der Waals surface area contributed by atoms with Crippen LogP contribution in [0.3, 0.4) is 0 Å². The van der Waals surface area contributed by atoms with Crippen LogP contribution in [-0.4, -0.2) is 25.0 Å². The summed E-state index contributed by atoms with van der Waals surface area (Å²) in [5, 5.41) is 8.89. The largest absolute Gasteiger partial charge is 0.494 e. The van der Waals surface area contributed by atoms with Crippen LogP contribution in [0.25, 0.3) is 0 Å². The maximum atomic E-state index is 12.4. The molecule has 0 saturated carbocycles. The summed E-state index contributed by atoms with van der Waals surface area (Å²) in [5.74, 6) is 0.455. The van der Waals surface area contributed by atoms with Gasteiger partial charge in [0, 0.05) is 16.9 Å². The molecule has 0 radical (unpaired) electrons. The fraction of sp³-hybridized carbons (Fsp3) is 0.200. The average Bonchev–Trinajstić information content (AvgIpc) is 2.80. The van der Waals surface area contributed by atoms with Crippen LogP contribution >= 0.6 is 0 Å². The van der Waals surface area contributed by atoms with Crippen molar-refractivity contribution < 1.29 is 14.3 Å². The van der Waals surface area contributed by atoms with Crippen molar-refractivity contribution in [3.8, 4) is 5.75 Å². The highest BCUT2D eigenvalue weighted by molar-refractivity contribution is 6.04. The highest BCUT2D eigenvalue weighted by Gasteiger charge is 2.10. The first kappa shape index (κ1) is 21.9. The van der Waals surface area contributed by atoms with Crippen LogP contribution in [0.4, 0.5) is 11.4 Å². The van der Waals surface area contributed by atoms with Crippen molar-refractivity contribution in [2.24, 2.45) is 0 Å². The monoisotopic (exact) mass is 417 g/mol. The van der Waals surface area contributed by atoms with Crippen molar-refractivity contribution in [1.29, 1.82) is 0 Å². The summed E-state index contributed by atoms with van der Waals surface area (Å²) in [6, 6.07) is 24.0. The Morgan fingerprint density at radius 1 is 0.871 bits per heavy atom. The second kappa shape index (κ2) is 10.8. The number of anilines is 2. The number of rotatable bonds is 9. The molecule has 0 saturated heterocycles. The zero-order chi connectivity index (χ0) is 22.1. The molecule has 0 aliphatic rings. The molecule has 160 valence electrons. The zero-order valence-corrected chi connectivity index (χ0v) is 17.7. The number of amides is 2. The van der Waals surface area contributed by atoms with E-state index in [1.807, 2.05) is 56.3 Å². The first-order valence-corrected chi connectivity index (χ1v) is 10.3. The predicted octanol–water partition coefficient (Wildman–Crippen LogP) is 4.63. The Labute approximate surface area is 182 Å². The molecule has 3 N–H and O–H groups in total. The summed E-state index contributed by atoms with van der Waals surface area (Å²) in [6.45, 7) is 4.62. The Kier molecular flexibility index (Phi) is 7.65. The molecule has 0 heterocycles. The molecule has 0 aliphatic heterocycles. The third-order valence-corrected chi connectivity index (χ3v) is 4.70. The Hall–Kier alpha value is -3.80. The number of nitrogens with one attached hydrogen (secondary N) is 3. The van der Waals surface area contributed by atoms with E-state index < -0.39 is 0 Å². The fourth-order valence-electron chi connectivity index (χ4n) is 3.04. The lowest BCUT2D eigenvalue weighted by Gasteiger charge is -2.15. The van der Waals surface area contributed by atoms with Gasteiger partial charge in [0.1, 0.15) is 5.75 Å². The smallest absolute Gasteiger partial charge is 0.255 e. The second-order valence-corrected chi connectivity index (χ2v) is 7.04. The quantitative estimate of drug-likeness (QED) is 0.474. The summed E-state index contributed by atoms with van der Waals surface area (Å²) in [6.07, 6.45) is 0. The molecule has 3 aromatic carbocycles. The minimum atomic E-state index is -0.204. The Morgan fingerprint density at radius 2 is 1.52 bits per heavy atom. The van der Waals surface area contributed by atoms with Gasteiger partial charge in [-0.05, 0) is 67.9 Å². The van der Waals surface area contributed by atoms with Gasteiger partial charge in [0.05, 0.1) is 19.2 Å². The predicted molar refractivity (Wildman–Crippen MR) is 123 cm³/mol. The second-order valence-electron chi connectivity index (χ2n) is 7.04. The molecule has 0 aliphatic carbocycles. The zero-order valence-electron chi connectivity index (χ0n) is 17.7.